The Bertz CT molecular complexity index is 882. The lowest BCUT2D eigenvalue weighted by atomic mass is 10.0. The van der Waals surface area contributed by atoms with Gasteiger partial charge in [-0.1, -0.05) is 6.07 Å². The Morgan fingerprint density at radius 2 is 2.04 bits per heavy atom. The molecular weight excluding hydrogens is 342 g/mol. The summed E-state index contributed by atoms with van der Waals surface area (Å²) in [5, 5.41) is 4.09. The highest BCUT2D eigenvalue weighted by molar-refractivity contribution is 5.98. The first-order valence-corrected chi connectivity index (χ1v) is 8.44. The lowest BCUT2D eigenvalue weighted by Crippen LogP contribution is -2.36. The summed E-state index contributed by atoms with van der Waals surface area (Å²) in [6.07, 6.45) is 3.45. The second-order valence-electron chi connectivity index (χ2n) is 6.91. The molecule has 136 valence electrons. The molecule has 6 nitrogen and oxygen atoms in total. The van der Waals surface area contributed by atoms with E-state index in [9.17, 15) is 18.4 Å². The van der Waals surface area contributed by atoms with Gasteiger partial charge < -0.3 is 9.80 Å². The number of hydrogen-bond acceptors (Lipinski definition) is 3. The van der Waals surface area contributed by atoms with E-state index in [1.54, 1.807) is 33.9 Å². The van der Waals surface area contributed by atoms with Crippen molar-refractivity contribution in [2.45, 2.75) is 6.42 Å². The molecule has 1 aromatic heterocycles. The number of carbonyl (C=O) groups excluding carboxylic acids is 2. The van der Waals surface area contributed by atoms with Crippen LogP contribution in [0.3, 0.4) is 0 Å². The average Bonchev–Trinajstić information content (AvgIpc) is 3.27. The molecular formula is C18H18F2N4O2. The quantitative estimate of drug-likeness (QED) is 0.831. The van der Waals surface area contributed by atoms with E-state index < -0.39 is 11.6 Å². The third-order valence-electron chi connectivity index (χ3n) is 5.14. The normalized spacial score (nSPS) is 22.2. The van der Waals surface area contributed by atoms with Gasteiger partial charge in [-0.2, -0.15) is 5.10 Å². The van der Waals surface area contributed by atoms with Gasteiger partial charge in [-0.05, 0) is 17.7 Å². The zero-order valence-corrected chi connectivity index (χ0v) is 14.2. The minimum absolute atomic E-state index is 0.00283. The minimum atomic E-state index is -0.962. The van der Waals surface area contributed by atoms with Gasteiger partial charge >= 0.3 is 0 Å². The summed E-state index contributed by atoms with van der Waals surface area (Å²) < 4.78 is 27.9. The molecule has 0 bridgehead atoms. The fourth-order valence-electron chi connectivity index (χ4n) is 3.78. The third kappa shape index (κ3) is 2.85. The summed E-state index contributed by atoms with van der Waals surface area (Å²) in [6.45, 7) is 1.42. The lowest BCUT2D eigenvalue weighted by molar-refractivity contribution is -0.130. The SMILES string of the molecule is Cn1cc(N2C[C@H]3CN(C(=O)Cc4ccc(F)c(F)c4)C[C@H]3C2=O)cn1. The van der Waals surface area contributed by atoms with Gasteiger partial charge in [0.25, 0.3) is 0 Å². The Hall–Kier alpha value is -2.77. The number of rotatable bonds is 3. The number of halogens is 2. The van der Waals surface area contributed by atoms with E-state index >= 15 is 0 Å². The molecule has 3 heterocycles. The summed E-state index contributed by atoms with van der Waals surface area (Å²) in [5.41, 5.74) is 1.20. The van der Waals surface area contributed by atoms with Gasteiger partial charge in [-0.25, -0.2) is 8.78 Å². The largest absolute Gasteiger partial charge is 0.341 e. The van der Waals surface area contributed by atoms with E-state index in [0.29, 0.717) is 25.2 Å². The zero-order chi connectivity index (χ0) is 18.4. The van der Waals surface area contributed by atoms with Crippen LogP contribution in [0.4, 0.5) is 14.5 Å². The fraction of sp³-hybridized carbons (Fsp3) is 0.389. The van der Waals surface area contributed by atoms with Crippen LogP contribution in [-0.2, 0) is 23.1 Å². The summed E-state index contributed by atoms with van der Waals surface area (Å²) >= 11 is 0. The van der Waals surface area contributed by atoms with E-state index in [2.05, 4.69) is 5.10 Å². The molecule has 0 N–H and O–H groups in total. The number of carbonyl (C=O) groups is 2. The number of amides is 2. The van der Waals surface area contributed by atoms with Crippen molar-refractivity contribution in [3.63, 3.8) is 0 Å². The van der Waals surface area contributed by atoms with Crippen LogP contribution in [0.25, 0.3) is 0 Å². The predicted octanol–water partition coefficient (Wildman–Crippen LogP) is 1.36. The van der Waals surface area contributed by atoms with Gasteiger partial charge in [0.1, 0.15) is 0 Å². The third-order valence-corrected chi connectivity index (χ3v) is 5.14. The number of fused-ring (bicyclic) bond motifs is 1. The molecule has 2 aliphatic rings. The van der Waals surface area contributed by atoms with Gasteiger partial charge in [0.15, 0.2) is 11.6 Å². The van der Waals surface area contributed by atoms with Crippen LogP contribution in [0.1, 0.15) is 5.56 Å². The Kier molecular flexibility index (Phi) is 3.97. The first-order valence-electron chi connectivity index (χ1n) is 8.44. The number of hydrogen-bond donors (Lipinski definition) is 0. The number of aryl methyl sites for hydroxylation is 1. The Morgan fingerprint density at radius 3 is 2.69 bits per heavy atom. The minimum Gasteiger partial charge on any atom is -0.341 e. The van der Waals surface area contributed by atoms with Crippen LogP contribution in [0.5, 0.6) is 0 Å². The van der Waals surface area contributed by atoms with Crippen LogP contribution in [-0.4, -0.2) is 46.1 Å². The van der Waals surface area contributed by atoms with Crippen molar-refractivity contribution in [3.05, 3.63) is 47.8 Å². The second kappa shape index (κ2) is 6.19. The van der Waals surface area contributed by atoms with Crippen LogP contribution >= 0.6 is 0 Å². The highest BCUT2D eigenvalue weighted by atomic mass is 19.2. The van der Waals surface area contributed by atoms with E-state index in [1.165, 1.54) is 6.07 Å². The number of nitrogens with zero attached hydrogens (tertiary/aromatic N) is 4. The van der Waals surface area contributed by atoms with Crippen LogP contribution in [0.15, 0.2) is 30.6 Å². The molecule has 2 aromatic rings. The smallest absolute Gasteiger partial charge is 0.232 e. The molecule has 2 atom stereocenters. The Labute approximate surface area is 149 Å². The van der Waals surface area contributed by atoms with Gasteiger partial charge in [0.05, 0.1) is 24.2 Å². The summed E-state index contributed by atoms with van der Waals surface area (Å²) in [6, 6.07) is 3.47. The number of anilines is 1. The topological polar surface area (TPSA) is 58.4 Å². The number of aromatic nitrogens is 2. The lowest BCUT2D eigenvalue weighted by Gasteiger charge is -2.21. The molecule has 0 saturated carbocycles. The molecule has 0 aliphatic carbocycles. The van der Waals surface area contributed by atoms with Gasteiger partial charge in [0.2, 0.25) is 11.8 Å². The van der Waals surface area contributed by atoms with Gasteiger partial charge in [-0.15, -0.1) is 0 Å². The molecule has 1 aromatic carbocycles. The van der Waals surface area contributed by atoms with Crippen molar-refractivity contribution >= 4 is 17.5 Å². The zero-order valence-electron chi connectivity index (χ0n) is 14.2. The monoisotopic (exact) mass is 360 g/mol. The van der Waals surface area contributed by atoms with Crippen molar-refractivity contribution in [1.29, 1.82) is 0 Å². The van der Waals surface area contributed by atoms with Crippen molar-refractivity contribution in [3.8, 4) is 0 Å². The Morgan fingerprint density at radius 1 is 1.23 bits per heavy atom. The molecule has 8 heteroatoms. The summed E-state index contributed by atoms with van der Waals surface area (Å²) in [7, 11) is 1.80. The first-order chi connectivity index (χ1) is 12.4. The highest BCUT2D eigenvalue weighted by Gasteiger charge is 2.47. The van der Waals surface area contributed by atoms with Crippen molar-refractivity contribution in [1.82, 2.24) is 14.7 Å². The van der Waals surface area contributed by atoms with Crippen molar-refractivity contribution < 1.29 is 18.4 Å². The van der Waals surface area contributed by atoms with Gasteiger partial charge in [0, 0.05) is 38.8 Å². The molecule has 2 saturated heterocycles. The van der Waals surface area contributed by atoms with Crippen LogP contribution in [0, 0.1) is 23.5 Å². The van der Waals surface area contributed by atoms with E-state index in [4.69, 9.17) is 0 Å². The average molecular weight is 360 g/mol. The van der Waals surface area contributed by atoms with E-state index in [0.717, 1.165) is 17.8 Å². The molecule has 4 rings (SSSR count). The van der Waals surface area contributed by atoms with E-state index in [-0.39, 0.29) is 30.1 Å². The van der Waals surface area contributed by atoms with Crippen molar-refractivity contribution in [2.75, 3.05) is 24.5 Å². The standard InChI is InChI=1S/C18H18F2N4O2/c1-22-9-13(6-21-22)24-8-12-7-23(10-14(12)18(24)26)17(25)5-11-2-3-15(19)16(20)4-11/h2-4,6,9,12,14H,5,7-8,10H2,1H3/t12-,14-/m1/s1. The number of likely N-dealkylation sites (tertiary alicyclic amines) is 1. The number of benzene rings is 1. The Balaban J connectivity index is 1.41. The molecule has 2 fully saturated rings. The van der Waals surface area contributed by atoms with Crippen molar-refractivity contribution in [2.24, 2.45) is 18.9 Å². The fourth-order valence-corrected chi connectivity index (χ4v) is 3.78. The molecule has 0 spiro atoms. The van der Waals surface area contributed by atoms with Gasteiger partial charge in [-0.3, -0.25) is 14.3 Å². The summed E-state index contributed by atoms with van der Waals surface area (Å²) in [4.78, 5) is 28.5. The molecule has 2 amide bonds. The maximum absolute atomic E-state index is 13.3. The maximum atomic E-state index is 13.3. The first kappa shape index (κ1) is 16.7. The molecule has 0 unspecified atom stereocenters. The van der Waals surface area contributed by atoms with Crippen LogP contribution < -0.4 is 4.90 Å². The van der Waals surface area contributed by atoms with Crippen LogP contribution in [0.2, 0.25) is 0 Å². The highest BCUT2D eigenvalue weighted by Crippen LogP contribution is 2.35. The second-order valence-corrected chi connectivity index (χ2v) is 6.91. The molecule has 26 heavy (non-hydrogen) atoms. The predicted molar refractivity (Wildman–Crippen MR) is 89.2 cm³/mol. The molecule has 2 aliphatic heterocycles. The summed E-state index contributed by atoms with van der Waals surface area (Å²) in [5.74, 6) is -2.20. The van der Waals surface area contributed by atoms with E-state index in [1.807, 2.05) is 0 Å². The maximum Gasteiger partial charge on any atom is 0.232 e. The molecule has 0 radical (unpaired) electrons.